The molecule has 0 heterocycles. The first kappa shape index (κ1) is 12.4. The maximum atomic E-state index is 5.77. The minimum atomic E-state index is -1.36. The summed E-state index contributed by atoms with van der Waals surface area (Å²) < 4.78 is 16.9. The van der Waals surface area contributed by atoms with Gasteiger partial charge in [0.2, 0.25) is 0 Å². The minimum Gasteiger partial charge on any atom is -0.419 e. The normalized spacial score (nSPS) is 17.4. The van der Waals surface area contributed by atoms with Gasteiger partial charge in [0, 0.05) is 13.2 Å². The van der Waals surface area contributed by atoms with Crippen molar-refractivity contribution >= 4 is 19.3 Å². The Morgan fingerprint density at radius 1 is 1.14 bits per heavy atom. The second kappa shape index (κ2) is 7.59. The van der Waals surface area contributed by atoms with Crippen molar-refractivity contribution in [3.05, 3.63) is 0 Å². The molecule has 1 aliphatic carbocycles. The van der Waals surface area contributed by atoms with Crippen LogP contribution in [0.5, 0.6) is 0 Å². The lowest BCUT2D eigenvalue weighted by atomic mass is 10.5. The number of rotatable bonds is 9. The van der Waals surface area contributed by atoms with E-state index in [9.17, 15) is 0 Å². The van der Waals surface area contributed by atoms with Crippen LogP contribution in [-0.2, 0) is 13.0 Å². The molecular formula is C9H21O3Si2. The molecule has 1 radical (unpaired) electrons. The molecule has 0 saturated heterocycles. The van der Waals surface area contributed by atoms with Crippen LogP contribution in [0.1, 0.15) is 39.5 Å². The van der Waals surface area contributed by atoms with E-state index in [1.54, 1.807) is 0 Å². The van der Waals surface area contributed by atoms with Crippen LogP contribution < -0.4 is 0 Å². The maximum absolute atomic E-state index is 5.77. The van der Waals surface area contributed by atoms with Gasteiger partial charge < -0.3 is 13.0 Å². The Hall–Kier alpha value is 0.314. The van der Waals surface area contributed by atoms with Crippen molar-refractivity contribution in [2.75, 3.05) is 13.2 Å². The van der Waals surface area contributed by atoms with Gasteiger partial charge in [-0.3, -0.25) is 0 Å². The van der Waals surface area contributed by atoms with Crippen molar-refractivity contribution in [2.45, 2.75) is 45.1 Å². The summed E-state index contributed by atoms with van der Waals surface area (Å²) in [5, 5.41) is 0. The molecule has 14 heavy (non-hydrogen) atoms. The van der Waals surface area contributed by atoms with Crippen LogP contribution >= 0.6 is 0 Å². The molecule has 83 valence electrons. The first-order valence-corrected chi connectivity index (χ1v) is 8.24. The smallest absolute Gasteiger partial charge is 0.419 e. The Labute approximate surface area is 91.0 Å². The minimum absolute atomic E-state index is 0.351. The van der Waals surface area contributed by atoms with Crippen molar-refractivity contribution in [3.63, 3.8) is 0 Å². The summed E-state index contributed by atoms with van der Waals surface area (Å²) in [7, 11) is -1.71. The fourth-order valence-electron chi connectivity index (χ4n) is 0.966. The Morgan fingerprint density at radius 2 is 1.71 bits per heavy atom. The molecule has 5 heteroatoms. The first-order valence-electron chi connectivity index (χ1n) is 5.62. The number of hydrogen-bond donors (Lipinski definition) is 0. The topological polar surface area (TPSA) is 27.7 Å². The standard InChI is InChI=1S/C9H21O3Si2/c1-3-7-10-14(11-8-4-2)12-13-9-5-6-9/h9H,3-8,13H2,1-2H3. The Bertz CT molecular complexity index is 134. The van der Waals surface area contributed by atoms with Gasteiger partial charge in [-0.2, -0.15) is 0 Å². The molecule has 1 aliphatic rings. The molecule has 0 amide bonds. The first-order chi connectivity index (χ1) is 6.86. The van der Waals surface area contributed by atoms with E-state index in [-0.39, 0.29) is 9.76 Å². The Morgan fingerprint density at radius 3 is 2.14 bits per heavy atom. The summed E-state index contributed by atoms with van der Waals surface area (Å²) in [5.74, 6) is 0. The third kappa shape index (κ3) is 5.92. The van der Waals surface area contributed by atoms with Crippen molar-refractivity contribution < 1.29 is 13.0 Å². The fourth-order valence-corrected chi connectivity index (χ4v) is 4.51. The van der Waals surface area contributed by atoms with Gasteiger partial charge >= 0.3 is 9.53 Å². The van der Waals surface area contributed by atoms with Crippen LogP contribution in [0, 0.1) is 0 Å². The van der Waals surface area contributed by atoms with E-state index < -0.39 is 9.53 Å². The predicted octanol–water partition coefficient (Wildman–Crippen LogP) is 1.51. The zero-order chi connectivity index (χ0) is 10.2. The van der Waals surface area contributed by atoms with Crippen molar-refractivity contribution in [1.82, 2.24) is 0 Å². The van der Waals surface area contributed by atoms with Crippen LogP contribution in [0.4, 0.5) is 0 Å². The lowest BCUT2D eigenvalue weighted by Crippen LogP contribution is -2.29. The van der Waals surface area contributed by atoms with Crippen molar-refractivity contribution in [1.29, 1.82) is 0 Å². The highest BCUT2D eigenvalue weighted by atomic mass is 28.4. The average Bonchev–Trinajstić information content (AvgIpc) is 3.00. The van der Waals surface area contributed by atoms with E-state index in [1.807, 2.05) is 0 Å². The zero-order valence-electron chi connectivity index (χ0n) is 9.25. The molecule has 0 aromatic carbocycles. The van der Waals surface area contributed by atoms with Gasteiger partial charge in [0.25, 0.3) is 0 Å². The van der Waals surface area contributed by atoms with Gasteiger partial charge in [-0.05, 0) is 18.4 Å². The van der Waals surface area contributed by atoms with E-state index in [4.69, 9.17) is 13.0 Å². The third-order valence-corrected chi connectivity index (χ3v) is 5.76. The van der Waals surface area contributed by atoms with E-state index in [1.165, 1.54) is 12.8 Å². The zero-order valence-corrected chi connectivity index (χ0v) is 11.7. The average molecular weight is 233 g/mol. The van der Waals surface area contributed by atoms with Crippen LogP contribution in [0.3, 0.4) is 0 Å². The lowest BCUT2D eigenvalue weighted by molar-refractivity contribution is 0.142. The van der Waals surface area contributed by atoms with Gasteiger partial charge in [-0.15, -0.1) is 0 Å². The van der Waals surface area contributed by atoms with E-state index >= 15 is 0 Å². The predicted molar refractivity (Wildman–Crippen MR) is 60.9 cm³/mol. The quantitative estimate of drug-likeness (QED) is 0.565. The Balaban J connectivity index is 2.05. The molecule has 0 unspecified atom stereocenters. The van der Waals surface area contributed by atoms with E-state index in [0.29, 0.717) is 0 Å². The largest absolute Gasteiger partial charge is 0.566 e. The van der Waals surface area contributed by atoms with Gasteiger partial charge in [0.05, 0.1) is 0 Å². The monoisotopic (exact) mass is 233 g/mol. The van der Waals surface area contributed by atoms with Crippen molar-refractivity contribution in [2.24, 2.45) is 0 Å². The Kier molecular flexibility index (Phi) is 6.71. The molecule has 0 atom stereocenters. The fraction of sp³-hybridized carbons (Fsp3) is 1.00. The molecular weight excluding hydrogens is 212 g/mol. The SMILES string of the molecule is CCCO[Si](OCCC)O[SiH2]C1CC1. The third-order valence-electron chi connectivity index (χ3n) is 1.98. The highest BCUT2D eigenvalue weighted by molar-refractivity contribution is 6.49. The summed E-state index contributed by atoms with van der Waals surface area (Å²) in [5.41, 5.74) is 0.922. The summed E-state index contributed by atoms with van der Waals surface area (Å²) in [6, 6.07) is 0. The summed E-state index contributed by atoms with van der Waals surface area (Å²) >= 11 is 0. The molecule has 1 fully saturated rings. The second-order valence-corrected chi connectivity index (χ2v) is 7.42. The molecule has 0 aromatic heterocycles. The number of hydrogen-bond acceptors (Lipinski definition) is 3. The molecule has 0 aliphatic heterocycles. The second-order valence-electron chi connectivity index (χ2n) is 3.70. The van der Waals surface area contributed by atoms with Crippen LogP contribution in [-0.4, -0.2) is 32.5 Å². The van der Waals surface area contributed by atoms with Crippen molar-refractivity contribution in [3.8, 4) is 0 Å². The van der Waals surface area contributed by atoms with Gasteiger partial charge in [-0.25, -0.2) is 0 Å². The molecule has 1 rings (SSSR count). The molecule has 0 aromatic rings. The van der Waals surface area contributed by atoms with Crippen LogP contribution in [0.15, 0.2) is 0 Å². The molecule has 0 spiro atoms. The van der Waals surface area contributed by atoms with Crippen LogP contribution in [0.25, 0.3) is 0 Å². The van der Waals surface area contributed by atoms with Gasteiger partial charge in [-0.1, -0.05) is 26.7 Å². The van der Waals surface area contributed by atoms with E-state index in [2.05, 4.69) is 13.8 Å². The summed E-state index contributed by atoms with van der Waals surface area (Å²) in [6.45, 7) is 5.77. The molecule has 1 saturated carbocycles. The van der Waals surface area contributed by atoms with E-state index in [0.717, 1.165) is 31.6 Å². The summed E-state index contributed by atoms with van der Waals surface area (Å²) in [4.78, 5) is 0. The van der Waals surface area contributed by atoms with Gasteiger partial charge in [0.15, 0.2) is 9.76 Å². The van der Waals surface area contributed by atoms with Crippen LogP contribution in [0.2, 0.25) is 5.54 Å². The molecule has 0 bridgehead atoms. The summed E-state index contributed by atoms with van der Waals surface area (Å²) in [6.07, 6.45) is 4.84. The molecule has 3 nitrogen and oxygen atoms in total. The highest BCUT2D eigenvalue weighted by Gasteiger charge is 2.26. The lowest BCUT2D eigenvalue weighted by Gasteiger charge is -2.13. The van der Waals surface area contributed by atoms with Gasteiger partial charge in [0.1, 0.15) is 0 Å². The highest BCUT2D eigenvalue weighted by Crippen LogP contribution is 2.35. The maximum Gasteiger partial charge on any atom is 0.566 e. The molecule has 0 N–H and O–H groups in total.